The molecule has 0 fully saturated rings. The number of aromatic nitrogens is 3. The minimum absolute atomic E-state index is 0. The first-order valence-electron chi connectivity index (χ1n) is 9.96. The van der Waals surface area contributed by atoms with Gasteiger partial charge >= 0.3 is 0 Å². The van der Waals surface area contributed by atoms with Crippen molar-refractivity contribution in [2.75, 3.05) is 11.9 Å². The van der Waals surface area contributed by atoms with Crippen molar-refractivity contribution in [2.45, 2.75) is 45.2 Å². The van der Waals surface area contributed by atoms with Gasteiger partial charge in [0.25, 0.3) is 0 Å². The number of benzene rings is 1. The van der Waals surface area contributed by atoms with E-state index in [2.05, 4.69) is 44.5 Å². The number of hydrogen-bond acceptors (Lipinski definition) is 4. The molecule has 0 saturated heterocycles. The zero-order chi connectivity index (χ0) is 19.6. The molecule has 1 atom stereocenters. The number of halogens is 1. The third kappa shape index (κ3) is 3.61. The predicted octanol–water partition coefficient (Wildman–Crippen LogP) is 5.59. The molecule has 1 N–H and O–H groups in total. The molecule has 1 aliphatic carbocycles. The SMILES string of the molecule is CCCC(F)(CC)CNc1ncc2c(n1)CC=C2c1ccc2ncccc2c1.[HH]. The molecule has 5 heteroatoms. The van der Waals surface area contributed by atoms with Crippen LogP contribution >= 0.6 is 0 Å². The molecule has 1 aliphatic rings. The number of hydrogen-bond donors (Lipinski definition) is 1. The molecule has 1 unspecified atom stereocenters. The molecule has 0 aliphatic heterocycles. The van der Waals surface area contributed by atoms with Crippen molar-refractivity contribution in [3.63, 3.8) is 0 Å². The second kappa shape index (κ2) is 7.66. The number of fused-ring (bicyclic) bond motifs is 2. The average molecular weight is 378 g/mol. The van der Waals surface area contributed by atoms with E-state index in [1.54, 1.807) is 6.20 Å². The van der Waals surface area contributed by atoms with E-state index in [1.165, 1.54) is 0 Å². The van der Waals surface area contributed by atoms with Gasteiger partial charge in [-0.3, -0.25) is 4.98 Å². The molecule has 0 bridgehead atoms. The zero-order valence-corrected chi connectivity index (χ0v) is 16.4. The van der Waals surface area contributed by atoms with Gasteiger partial charge in [-0.1, -0.05) is 38.5 Å². The van der Waals surface area contributed by atoms with Crippen molar-refractivity contribution in [3.8, 4) is 0 Å². The summed E-state index contributed by atoms with van der Waals surface area (Å²) in [4.78, 5) is 13.5. The Morgan fingerprint density at radius 1 is 1.21 bits per heavy atom. The molecule has 3 aromatic rings. The molecule has 4 nitrogen and oxygen atoms in total. The molecule has 2 heterocycles. The lowest BCUT2D eigenvalue weighted by atomic mass is 9.97. The predicted molar refractivity (Wildman–Crippen MR) is 114 cm³/mol. The molecule has 0 radical (unpaired) electrons. The smallest absolute Gasteiger partial charge is 0.223 e. The van der Waals surface area contributed by atoms with Crippen molar-refractivity contribution in [1.29, 1.82) is 0 Å². The van der Waals surface area contributed by atoms with Crippen molar-refractivity contribution < 1.29 is 5.82 Å². The van der Waals surface area contributed by atoms with E-state index in [4.69, 9.17) is 0 Å². The van der Waals surface area contributed by atoms with E-state index in [-0.39, 0.29) is 7.97 Å². The summed E-state index contributed by atoms with van der Waals surface area (Å²) in [6.07, 6.45) is 8.46. The zero-order valence-electron chi connectivity index (χ0n) is 16.4. The molecule has 0 amide bonds. The van der Waals surface area contributed by atoms with Gasteiger partial charge in [-0.25, -0.2) is 14.4 Å². The summed E-state index contributed by atoms with van der Waals surface area (Å²) in [6.45, 7) is 4.14. The number of pyridine rings is 1. The summed E-state index contributed by atoms with van der Waals surface area (Å²) in [7, 11) is 0. The highest BCUT2D eigenvalue weighted by molar-refractivity contribution is 5.89. The van der Waals surface area contributed by atoms with Gasteiger partial charge in [-0.2, -0.15) is 0 Å². The standard InChI is InChI=1S/C23H25FN4.H2/c1-3-11-23(24,4-2)15-27-22-26-14-19-18(8-10-21(19)28-22)16-7-9-20-17(13-16)6-5-12-25-20;/h5-9,12-14H,3-4,10-11,15H2,1-2H3,(H,26,27,28);1H. The van der Waals surface area contributed by atoms with Crippen LogP contribution in [0.2, 0.25) is 0 Å². The molecule has 0 spiro atoms. The van der Waals surface area contributed by atoms with Crippen LogP contribution in [0.25, 0.3) is 16.5 Å². The topological polar surface area (TPSA) is 50.7 Å². The van der Waals surface area contributed by atoms with Gasteiger partial charge in [0, 0.05) is 31.2 Å². The maximum Gasteiger partial charge on any atom is 0.223 e. The monoisotopic (exact) mass is 378 g/mol. The molecule has 146 valence electrons. The Bertz CT molecular complexity index is 1040. The van der Waals surface area contributed by atoms with E-state index < -0.39 is 5.67 Å². The molecule has 0 saturated carbocycles. The second-order valence-corrected chi connectivity index (χ2v) is 7.39. The molecular formula is C23H27FN4. The molecular weight excluding hydrogens is 351 g/mol. The van der Waals surface area contributed by atoms with Crippen molar-refractivity contribution in [1.82, 2.24) is 15.0 Å². The fourth-order valence-corrected chi connectivity index (χ4v) is 3.78. The Morgan fingerprint density at radius 3 is 2.93 bits per heavy atom. The molecule has 4 rings (SSSR count). The summed E-state index contributed by atoms with van der Waals surface area (Å²) in [5, 5.41) is 4.22. The number of nitrogens with one attached hydrogen (secondary N) is 1. The Labute approximate surface area is 166 Å². The summed E-state index contributed by atoms with van der Waals surface area (Å²) in [6, 6.07) is 10.3. The van der Waals surface area contributed by atoms with Crippen molar-refractivity contribution in [2.24, 2.45) is 0 Å². The van der Waals surface area contributed by atoms with Crippen LogP contribution in [-0.2, 0) is 6.42 Å². The number of allylic oxidation sites excluding steroid dienone is 1. The molecule has 2 aromatic heterocycles. The van der Waals surface area contributed by atoms with Crippen molar-refractivity contribution >= 4 is 22.4 Å². The van der Waals surface area contributed by atoms with Gasteiger partial charge in [-0.15, -0.1) is 0 Å². The number of nitrogens with zero attached hydrogens (tertiary/aromatic N) is 3. The number of alkyl halides is 1. The number of anilines is 1. The molecule has 28 heavy (non-hydrogen) atoms. The van der Waals surface area contributed by atoms with Crippen LogP contribution < -0.4 is 5.32 Å². The first kappa shape index (κ1) is 18.5. The van der Waals surface area contributed by atoms with Gasteiger partial charge in [0.1, 0.15) is 5.67 Å². The van der Waals surface area contributed by atoms with E-state index in [0.29, 0.717) is 18.8 Å². The van der Waals surface area contributed by atoms with Gasteiger partial charge in [0.05, 0.1) is 17.8 Å². The fourth-order valence-electron chi connectivity index (χ4n) is 3.78. The lowest BCUT2D eigenvalue weighted by Crippen LogP contribution is -2.32. The Kier molecular flexibility index (Phi) is 5.07. The van der Waals surface area contributed by atoms with E-state index >= 15 is 0 Å². The highest BCUT2D eigenvalue weighted by atomic mass is 19.1. The quantitative estimate of drug-likeness (QED) is 0.582. The van der Waals surface area contributed by atoms with Crippen LogP contribution in [0.15, 0.2) is 48.8 Å². The maximum atomic E-state index is 14.8. The van der Waals surface area contributed by atoms with Crippen molar-refractivity contribution in [3.05, 3.63) is 65.6 Å². The second-order valence-electron chi connectivity index (χ2n) is 7.39. The summed E-state index contributed by atoms with van der Waals surface area (Å²) >= 11 is 0. The van der Waals surface area contributed by atoms with E-state index in [0.717, 1.165) is 46.1 Å². The van der Waals surface area contributed by atoms with Crippen LogP contribution in [0.3, 0.4) is 0 Å². The maximum absolute atomic E-state index is 14.8. The minimum atomic E-state index is -1.21. The summed E-state index contributed by atoms with van der Waals surface area (Å²) in [5.74, 6) is 0.502. The first-order valence-corrected chi connectivity index (χ1v) is 9.96. The number of rotatable bonds is 7. The van der Waals surface area contributed by atoms with Gasteiger partial charge in [0.2, 0.25) is 5.95 Å². The third-order valence-corrected chi connectivity index (χ3v) is 5.47. The highest BCUT2D eigenvalue weighted by Crippen LogP contribution is 2.33. The summed E-state index contributed by atoms with van der Waals surface area (Å²) in [5.41, 5.74) is 4.09. The molecule has 1 aromatic carbocycles. The Hall–Kier alpha value is -2.82. The lowest BCUT2D eigenvalue weighted by molar-refractivity contribution is 0.158. The van der Waals surface area contributed by atoms with Gasteiger partial charge in [0.15, 0.2) is 0 Å². The Balaban J connectivity index is 0.00000240. The van der Waals surface area contributed by atoms with Crippen LogP contribution in [0, 0.1) is 0 Å². The lowest BCUT2D eigenvalue weighted by Gasteiger charge is -2.23. The largest absolute Gasteiger partial charge is 0.351 e. The van der Waals surface area contributed by atoms with Crippen LogP contribution in [0.1, 0.15) is 51.4 Å². The van der Waals surface area contributed by atoms with Gasteiger partial charge < -0.3 is 5.32 Å². The minimum Gasteiger partial charge on any atom is -0.351 e. The van der Waals surface area contributed by atoms with Crippen LogP contribution in [0.4, 0.5) is 10.3 Å². The van der Waals surface area contributed by atoms with Crippen LogP contribution in [0.5, 0.6) is 0 Å². The van der Waals surface area contributed by atoms with Crippen LogP contribution in [-0.4, -0.2) is 27.2 Å². The third-order valence-electron chi connectivity index (χ3n) is 5.47. The summed E-state index contributed by atoms with van der Waals surface area (Å²) < 4.78 is 14.8. The average Bonchev–Trinajstić information content (AvgIpc) is 3.15. The highest BCUT2D eigenvalue weighted by Gasteiger charge is 2.26. The fraction of sp³-hybridized carbons (Fsp3) is 0.348. The van der Waals surface area contributed by atoms with E-state index in [1.807, 2.05) is 32.2 Å². The first-order chi connectivity index (χ1) is 13.6. The normalized spacial score (nSPS) is 15.2. The Morgan fingerprint density at radius 2 is 2.11 bits per heavy atom. The van der Waals surface area contributed by atoms with Gasteiger partial charge in [-0.05, 0) is 42.2 Å². The van der Waals surface area contributed by atoms with E-state index in [9.17, 15) is 4.39 Å².